The minimum absolute atomic E-state index is 0.381. The molecule has 4 rings (SSSR count). The number of anilines is 1. The van der Waals surface area contributed by atoms with Crippen LogP contribution < -0.4 is 5.73 Å². The summed E-state index contributed by atoms with van der Waals surface area (Å²) in [6.07, 6.45) is 1.76. The molecule has 0 aliphatic heterocycles. The molecule has 1 aliphatic carbocycles. The van der Waals surface area contributed by atoms with Crippen molar-refractivity contribution in [2.45, 2.75) is 25.2 Å². The summed E-state index contributed by atoms with van der Waals surface area (Å²) in [5, 5.41) is 5.28. The average Bonchev–Trinajstić information content (AvgIpc) is 3.15. The fraction of sp³-hybridized carbons (Fsp3) is 0.222. The molecule has 122 valence electrons. The molecule has 0 spiro atoms. The van der Waals surface area contributed by atoms with Gasteiger partial charge in [0.1, 0.15) is 0 Å². The molecule has 1 saturated carbocycles. The SMILES string of the molecule is Cc1ccc(-c2nc(C3(c4c(Cl)cc(N)cc4Cl)CC3)no2)cc1. The number of halogens is 2. The van der Waals surface area contributed by atoms with E-state index in [9.17, 15) is 0 Å². The summed E-state index contributed by atoms with van der Waals surface area (Å²) >= 11 is 12.8. The van der Waals surface area contributed by atoms with Crippen molar-refractivity contribution in [1.29, 1.82) is 0 Å². The summed E-state index contributed by atoms with van der Waals surface area (Å²) in [5.74, 6) is 1.12. The molecule has 0 unspecified atom stereocenters. The van der Waals surface area contributed by atoms with E-state index in [0.29, 0.717) is 27.4 Å². The van der Waals surface area contributed by atoms with Crippen LogP contribution in [0, 0.1) is 6.92 Å². The molecule has 24 heavy (non-hydrogen) atoms. The maximum Gasteiger partial charge on any atom is 0.257 e. The molecule has 6 heteroatoms. The number of hydrogen-bond donors (Lipinski definition) is 1. The van der Waals surface area contributed by atoms with Gasteiger partial charge in [-0.1, -0.05) is 46.1 Å². The molecule has 4 nitrogen and oxygen atoms in total. The minimum Gasteiger partial charge on any atom is -0.399 e. The summed E-state index contributed by atoms with van der Waals surface area (Å²) in [5.41, 5.74) is 8.86. The maximum absolute atomic E-state index is 6.40. The molecule has 0 bridgehead atoms. The van der Waals surface area contributed by atoms with Crippen molar-refractivity contribution in [1.82, 2.24) is 10.1 Å². The Kier molecular flexibility index (Phi) is 3.55. The van der Waals surface area contributed by atoms with Gasteiger partial charge in [0.2, 0.25) is 0 Å². The van der Waals surface area contributed by atoms with Crippen LogP contribution in [0.25, 0.3) is 11.5 Å². The third kappa shape index (κ3) is 2.46. The van der Waals surface area contributed by atoms with Crippen LogP contribution in [0.2, 0.25) is 10.0 Å². The van der Waals surface area contributed by atoms with Crippen LogP contribution in [0.3, 0.4) is 0 Å². The second kappa shape index (κ2) is 5.50. The zero-order chi connectivity index (χ0) is 16.9. The van der Waals surface area contributed by atoms with E-state index < -0.39 is 0 Å². The van der Waals surface area contributed by atoms with Crippen molar-refractivity contribution in [2.75, 3.05) is 5.73 Å². The van der Waals surface area contributed by atoms with Crippen LogP contribution in [0.4, 0.5) is 5.69 Å². The molecule has 2 aromatic carbocycles. The van der Waals surface area contributed by atoms with Crippen LogP contribution in [0.15, 0.2) is 40.9 Å². The standard InChI is InChI=1S/C18H15Cl2N3O/c1-10-2-4-11(5-3-10)16-22-17(23-24-16)18(6-7-18)15-13(19)8-12(21)9-14(15)20/h2-5,8-9H,6-7,21H2,1H3. The Labute approximate surface area is 149 Å². The lowest BCUT2D eigenvalue weighted by Crippen LogP contribution is -2.12. The fourth-order valence-electron chi connectivity index (χ4n) is 2.99. The Balaban J connectivity index is 1.76. The third-order valence-electron chi connectivity index (χ3n) is 4.45. The van der Waals surface area contributed by atoms with E-state index in [2.05, 4.69) is 10.1 Å². The molecular formula is C18H15Cl2N3O. The van der Waals surface area contributed by atoms with E-state index in [1.807, 2.05) is 31.2 Å². The first-order valence-corrected chi connectivity index (χ1v) is 8.41. The highest BCUT2D eigenvalue weighted by Crippen LogP contribution is 2.56. The first-order chi connectivity index (χ1) is 11.5. The topological polar surface area (TPSA) is 64.9 Å². The molecule has 1 fully saturated rings. The average molecular weight is 360 g/mol. The lowest BCUT2D eigenvalue weighted by Gasteiger charge is -2.15. The van der Waals surface area contributed by atoms with Gasteiger partial charge in [-0.2, -0.15) is 4.98 Å². The van der Waals surface area contributed by atoms with Gasteiger partial charge in [-0.25, -0.2) is 0 Å². The van der Waals surface area contributed by atoms with Gasteiger partial charge in [-0.05, 0) is 44.0 Å². The van der Waals surface area contributed by atoms with Gasteiger partial charge in [-0.15, -0.1) is 0 Å². The second-order valence-corrected chi connectivity index (χ2v) is 7.05. The summed E-state index contributed by atoms with van der Waals surface area (Å²) in [4.78, 5) is 4.60. The summed E-state index contributed by atoms with van der Waals surface area (Å²) in [6.45, 7) is 2.04. The van der Waals surface area contributed by atoms with Gasteiger partial charge in [-0.3, -0.25) is 0 Å². The smallest absolute Gasteiger partial charge is 0.257 e. The molecule has 1 aliphatic rings. The van der Waals surface area contributed by atoms with Gasteiger partial charge < -0.3 is 10.3 Å². The Morgan fingerprint density at radius 3 is 2.29 bits per heavy atom. The van der Waals surface area contributed by atoms with Crippen LogP contribution in [-0.2, 0) is 5.41 Å². The number of nitrogens with two attached hydrogens (primary N) is 1. The van der Waals surface area contributed by atoms with Crippen molar-refractivity contribution >= 4 is 28.9 Å². The first kappa shape index (κ1) is 15.5. The zero-order valence-corrected chi connectivity index (χ0v) is 14.5. The molecule has 3 aromatic rings. The van der Waals surface area contributed by atoms with E-state index in [-0.39, 0.29) is 5.41 Å². The third-order valence-corrected chi connectivity index (χ3v) is 5.04. The lowest BCUT2D eigenvalue weighted by molar-refractivity contribution is 0.418. The molecule has 1 aromatic heterocycles. The van der Waals surface area contributed by atoms with E-state index in [4.69, 9.17) is 33.5 Å². The normalized spacial score (nSPS) is 15.5. The van der Waals surface area contributed by atoms with E-state index in [1.54, 1.807) is 12.1 Å². The number of aromatic nitrogens is 2. The van der Waals surface area contributed by atoms with Crippen molar-refractivity contribution in [2.24, 2.45) is 0 Å². The number of nitrogen functional groups attached to an aromatic ring is 1. The van der Waals surface area contributed by atoms with Crippen molar-refractivity contribution < 1.29 is 4.52 Å². The van der Waals surface area contributed by atoms with Crippen LogP contribution in [0.5, 0.6) is 0 Å². The summed E-state index contributed by atoms with van der Waals surface area (Å²) < 4.78 is 5.47. The van der Waals surface area contributed by atoms with E-state index >= 15 is 0 Å². The molecule has 0 atom stereocenters. The number of hydrogen-bond acceptors (Lipinski definition) is 4. The Morgan fingerprint density at radius 2 is 1.71 bits per heavy atom. The van der Waals surface area contributed by atoms with Gasteiger partial charge in [0.15, 0.2) is 5.82 Å². The second-order valence-electron chi connectivity index (χ2n) is 6.23. The number of aryl methyl sites for hydroxylation is 1. The highest BCUT2D eigenvalue weighted by atomic mass is 35.5. The Bertz CT molecular complexity index is 891. The number of benzene rings is 2. The van der Waals surface area contributed by atoms with Gasteiger partial charge in [0.25, 0.3) is 5.89 Å². The fourth-order valence-corrected chi connectivity index (χ4v) is 3.86. The molecule has 0 amide bonds. The maximum atomic E-state index is 6.40. The monoisotopic (exact) mass is 359 g/mol. The molecule has 2 N–H and O–H groups in total. The first-order valence-electron chi connectivity index (χ1n) is 7.66. The van der Waals surface area contributed by atoms with Crippen molar-refractivity contribution in [3.05, 3.63) is 63.4 Å². The molecular weight excluding hydrogens is 345 g/mol. The van der Waals surface area contributed by atoms with Crippen molar-refractivity contribution in [3.63, 3.8) is 0 Å². The minimum atomic E-state index is -0.381. The molecule has 1 heterocycles. The van der Waals surface area contributed by atoms with Crippen LogP contribution >= 0.6 is 23.2 Å². The predicted octanol–water partition coefficient (Wildman–Crippen LogP) is 5.01. The number of rotatable bonds is 3. The molecule has 0 saturated heterocycles. The van der Waals surface area contributed by atoms with Gasteiger partial charge in [0.05, 0.1) is 5.41 Å². The zero-order valence-electron chi connectivity index (χ0n) is 13.0. The van der Waals surface area contributed by atoms with Crippen LogP contribution in [-0.4, -0.2) is 10.1 Å². The van der Waals surface area contributed by atoms with E-state index in [1.165, 1.54) is 5.56 Å². The molecule has 0 radical (unpaired) electrons. The largest absolute Gasteiger partial charge is 0.399 e. The summed E-state index contributed by atoms with van der Waals surface area (Å²) in [6, 6.07) is 11.4. The summed E-state index contributed by atoms with van der Waals surface area (Å²) in [7, 11) is 0. The number of nitrogens with zero attached hydrogens (tertiary/aromatic N) is 2. The van der Waals surface area contributed by atoms with Crippen LogP contribution in [0.1, 0.15) is 29.8 Å². The lowest BCUT2D eigenvalue weighted by atomic mass is 9.94. The van der Waals surface area contributed by atoms with Crippen molar-refractivity contribution in [3.8, 4) is 11.5 Å². The Morgan fingerprint density at radius 1 is 1.08 bits per heavy atom. The quantitative estimate of drug-likeness (QED) is 0.667. The Hall–Kier alpha value is -2.04. The predicted molar refractivity (Wildman–Crippen MR) is 95.4 cm³/mol. The highest BCUT2D eigenvalue weighted by molar-refractivity contribution is 6.36. The highest BCUT2D eigenvalue weighted by Gasteiger charge is 2.52. The van der Waals surface area contributed by atoms with E-state index in [0.717, 1.165) is 24.0 Å². The van der Waals surface area contributed by atoms with Gasteiger partial charge >= 0.3 is 0 Å². The van der Waals surface area contributed by atoms with Gasteiger partial charge in [0, 0.05) is 26.9 Å².